The number of benzene rings is 1. The number of carbonyl (C=O) groups is 2. The maximum atomic E-state index is 12.4. The van der Waals surface area contributed by atoms with E-state index in [1.807, 2.05) is 31.2 Å². The molecule has 0 saturated heterocycles. The zero-order valence-electron chi connectivity index (χ0n) is 13.9. The highest BCUT2D eigenvalue weighted by atomic mass is 16.5. The number of rotatable bonds is 6. The number of nitrogens with one attached hydrogen (secondary N) is 1. The van der Waals surface area contributed by atoms with Crippen LogP contribution in [0.15, 0.2) is 24.3 Å². The summed E-state index contributed by atoms with van der Waals surface area (Å²) in [6.07, 6.45) is 2.92. The highest BCUT2D eigenvalue weighted by Crippen LogP contribution is 2.31. The van der Waals surface area contributed by atoms with Gasteiger partial charge in [0.1, 0.15) is 0 Å². The van der Waals surface area contributed by atoms with Crippen LogP contribution in [0.25, 0.3) is 0 Å². The van der Waals surface area contributed by atoms with Gasteiger partial charge in [0, 0.05) is 12.5 Å². The average molecular weight is 318 g/mol. The SMILES string of the molecule is COC(=O)C(CNC(=O)[C@@H]1CCC[C@@H]1CN)c1ccc(C)cc1. The molecule has 0 aliphatic heterocycles. The Hall–Kier alpha value is -1.88. The van der Waals surface area contributed by atoms with Gasteiger partial charge in [-0.25, -0.2) is 0 Å². The van der Waals surface area contributed by atoms with Gasteiger partial charge in [-0.1, -0.05) is 36.2 Å². The van der Waals surface area contributed by atoms with E-state index in [-0.39, 0.29) is 30.3 Å². The van der Waals surface area contributed by atoms with Crippen LogP contribution in [0.3, 0.4) is 0 Å². The smallest absolute Gasteiger partial charge is 0.314 e. The van der Waals surface area contributed by atoms with Crippen molar-refractivity contribution in [2.75, 3.05) is 20.2 Å². The Labute approximate surface area is 137 Å². The number of ether oxygens (including phenoxy) is 1. The molecule has 0 bridgehead atoms. The molecular formula is C18H26N2O3. The van der Waals surface area contributed by atoms with Crippen LogP contribution in [0.4, 0.5) is 0 Å². The van der Waals surface area contributed by atoms with E-state index >= 15 is 0 Å². The zero-order valence-corrected chi connectivity index (χ0v) is 13.9. The van der Waals surface area contributed by atoms with Crippen LogP contribution in [0, 0.1) is 18.8 Å². The number of methoxy groups -OCH3 is 1. The molecular weight excluding hydrogens is 292 g/mol. The predicted molar refractivity (Wildman–Crippen MR) is 88.8 cm³/mol. The van der Waals surface area contributed by atoms with Gasteiger partial charge in [-0.15, -0.1) is 0 Å². The first-order chi connectivity index (χ1) is 11.1. The van der Waals surface area contributed by atoms with Gasteiger partial charge >= 0.3 is 5.97 Å². The largest absolute Gasteiger partial charge is 0.468 e. The minimum atomic E-state index is -0.484. The van der Waals surface area contributed by atoms with Crippen molar-refractivity contribution < 1.29 is 14.3 Å². The number of hydrogen-bond acceptors (Lipinski definition) is 4. The molecule has 1 aromatic rings. The van der Waals surface area contributed by atoms with Gasteiger partial charge in [0.2, 0.25) is 5.91 Å². The molecule has 0 heterocycles. The predicted octanol–water partition coefficient (Wildman–Crippen LogP) is 1.74. The van der Waals surface area contributed by atoms with Crippen LogP contribution >= 0.6 is 0 Å². The van der Waals surface area contributed by atoms with Gasteiger partial charge in [0.15, 0.2) is 0 Å². The first-order valence-electron chi connectivity index (χ1n) is 8.19. The Balaban J connectivity index is 2.02. The Morgan fingerprint density at radius 3 is 2.61 bits per heavy atom. The molecule has 3 atom stereocenters. The number of amides is 1. The number of nitrogens with two attached hydrogens (primary N) is 1. The Morgan fingerprint density at radius 1 is 1.30 bits per heavy atom. The summed E-state index contributed by atoms with van der Waals surface area (Å²) in [6.45, 7) is 2.78. The summed E-state index contributed by atoms with van der Waals surface area (Å²) in [5.41, 5.74) is 7.71. The summed E-state index contributed by atoms with van der Waals surface area (Å²) in [6, 6.07) is 7.71. The molecule has 5 nitrogen and oxygen atoms in total. The quantitative estimate of drug-likeness (QED) is 0.783. The van der Waals surface area contributed by atoms with Crippen molar-refractivity contribution in [3.8, 4) is 0 Å². The van der Waals surface area contributed by atoms with E-state index in [2.05, 4.69) is 5.32 Å². The summed E-state index contributed by atoms with van der Waals surface area (Å²) >= 11 is 0. The number of aryl methyl sites for hydroxylation is 1. The van der Waals surface area contributed by atoms with Crippen LogP contribution in [0.5, 0.6) is 0 Å². The molecule has 5 heteroatoms. The third-order valence-corrected chi connectivity index (χ3v) is 4.74. The number of esters is 1. The first-order valence-corrected chi connectivity index (χ1v) is 8.19. The van der Waals surface area contributed by atoms with Crippen molar-refractivity contribution in [1.29, 1.82) is 0 Å². The molecule has 0 spiro atoms. The molecule has 1 fully saturated rings. The van der Waals surface area contributed by atoms with Crippen molar-refractivity contribution >= 4 is 11.9 Å². The summed E-state index contributed by atoms with van der Waals surface area (Å²) in [7, 11) is 1.37. The lowest BCUT2D eigenvalue weighted by Gasteiger charge is -2.20. The van der Waals surface area contributed by atoms with Gasteiger partial charge in [0.05, 0.1) is 13.0 Å². The lowest BCUT2D eigenvalue weighted by atomic mass is 9.94. The van der Waals surface area contributed by atoms with Crippen molar-refractivity contribution in [3.63, 3.8) is 0 Å². The molecule has 1 aliphatic carbocycles. The third kappa shape index (κ3) is 4.32. The Morgan fingerprint density at radius 2 is 2.00 bits per heavy atom. The maximum absolute atomic E-state index is 12.4. The van der Waals surface area contributed by atoms with E-state index in [4.69, 9.17) is 10.5 Å². The molecule has 126 valence electrons. The minimum absolute atomic E-state index is 0.000959. The van der Waals surface area contributed by atoms with Crippen molar-refractivity contribution in [3.05, 3.63) is 35.4 Å². The first kappa shape index (κ1) is 17.5. The van der Waals surface area contributed by atoms with E-state index in [0.717, 1.165) is 30.4 Å². The van der Waals surface area contributed by atoms with Crippen LogP contribution in [-0.2, 0) is 14.3 Å². The lowest BCUT2D eigenvalue weighted by molar-refractivity contribution is -0.142. The van der Waals surface area contributed by atoms with E-state index in [1.54, 1.807) is 0 Å². The average Bonchev–Trinajstić information content (AvgIpc) is 3.04. The highest BCUT2D eigenvalue weighted by molar-refractivity contribution is 5.82. The molecule has 0 aromatic heterocycles. The fraction of sp³-hybridized carbons (Fsp3) is 0.556. The van der Waals surface area contributed by atoms with Crippen LogP contribution < -0.4 is 11.1 Å². The molecule has 1 amide bonds. The van der Waals surface area contributed by atoms with E-state index in [9.17, 15) is 9.59 Å². The normalized spacial score (nSPS) is 21.7. The molecule has 1 aliphatic rings. The summed E-state index contributed by atoms with van der Waals surface area (Å²) in [5, 5.41) is 2.92. The van der Waals surface area contributed by atoms with E-state index < -0.39 is 5.92 Å². The van der Waals surface area contributed by atoms with E-state index in [1.165, 1.54) is 7.11 Å². The summed E-state index contributed by atoms with van der Waals surface area (Å²) in [4.78, 5) is 24.5. The molecule has 1 unspecified atom stereocenters. The molecule has 2 rings (SSSR count). The molecule has 23 heavy (non-hydrogen) atoms. The summed E-state index contributed by atoms with van der Waals surface area (Å²) in [5.74, 6) is -0.598. The van der Waals surface area contributed by atoms with Gasteiger partial charge in [-0.3, -0.25) is 9.59 Å². The summed E-state index contributed by atoms with van der Waals surface area (Å²) < 4.78 is 4.89. The maximum Gasteiger partial charge on any atom is 0.314 e. The van der Waals surface area contributed by atoms with Gasteiger partial charge in [-0.05, 0) is 37.8 Å². The second-order valence-electron chi connectivity index (χ2n) is 6.26. The topological polar surface area (TPSA) is 81.4 Å². The minimum Gasteiger partial charge on any atom is -0.468 e. The van der Waals surface area contributed by atoms with Crippen LogP contribution in [0.2, 0.25) is 0 Å². The molecule has 1 saturated carbocycles. The van der Waals surface area contributed by atoms with Crippen molar-refractivity contribution in [2.45, 2.75) is 32.1 Å². The van der Waals surface area contributed by atoms with Crippen LogP contribution in [0.1, 0.15) is 36.3 Å². The van der Waals surface area contributed by atoms with Gasteiger partial charge in [0.25, 0.3) is 0 Å². The monoisotopic (exact) mass is 318 g/mol. The van der Waals surface area contributed by atoms with Crippen molar-refractivity contribution in [1.82, 2.24) is 5.32 Å². The number of hydrogen-bond donors (Lipinski definition) is 2. The zero-order chi connectivity index (χ0) is 16.8. The fourth-order valence-corrected chi connectivity index (χ4v) is 3.28. The Kier molecular flexibility index (Phi) is 6.16. The van der Waals surface area contributed by atoms with Gasteiger partial charge < -0.3 is 15.8 Å². The molecule has 3 N–H and O–H groups in total. The fourth-order valence-electron chi connectivity index (χ4n) is 3.28. The lowest BCUT2D eigenvalue weighted by Crippen LogP contribution is -2.38. The third-order valence-electron chi connectivity index (χ3n) is 4.74. The van der Waals surface area contributed by atoms with Crippen molar-refractivity contribution in [2.24, 2.45) is 17.6 Å². The van der Waals surface area contributed by atoms with E-state index in [0.29, 0.717) is 6.54 Å². The standard InChI is InChI=1S/C18H26N2O3/c1-12-6-8-13(9-7-12)16(18(22)23-2)11-20-17(21)15-5-3-4-14(15)10-19/h6-9,14-16H,3-5,10-11,19H2,1-2H3,(H,20,21)/t14-,15-,16?/m1/s1. The Bertz CT molecular complexity index is 542. The van der Waals surface area contributed by atoms with Gasteiger partial charge in [-0.2, -0.15) is 0 Å². The second-order valence-corrected chi connectivity index (χ2v) is 6.26. The molecule has 0 radical (unpaired) electrons. The number of carbonyl (C=O) groups excluding carboxylic acids is 2. The highest BCUT2D eigenvalue weighted by Gasteiger charge is 2.32. The van der Waals surface area contributed by atoms with Crippen LogP contribution in [-0.4, -0.2) is 32.1 Å². The molecule has 1 aromatic carbocycles. The second kappa shape index (κ2) is 8.11.